The Morgan fingerprint density at radius 1 is 1.24 bits per heavy atom. The maximum absolute atomic E-state index is 11.6. The first-order valence-electron chi connectivity index (χ1n) is 7.74. The molecule has 0 bridgehead atoms. The fraction of sp³-hybridized carbons (Fsp3) is 0.400. The predicted octanol–water partition coefficient (Wildman–Crippen LogP) is 0.421. The molecule has 1 aromatic carbocycles. The molecule has 1 saturated heterocycles. The summed E-state index contributed by atoms with van der Waals surface area (Å²) in [6.07, 6.45) is 0.991. The van der Waals surface area contributed by atoms with Gasteiger partial charge in [0, 0.05) is 18.7 Å². The first-order chi connectivity index (χ1) is 11.8. The van der Waals surface area contributed by atoms with Gasteiger partial charge in [0.2, 0.25) is 0 Å². The van der Waals surface area contributed by atoms with Crippen LogP contribution in [0.5, 0.6) is 0 Å². The number of carbonyl (C=O) groups is 1. The van der Waals surface area contributed by atoms with Crippen LogP contribution in [0.15, 0.2) is 21.7 Å². The molecule has 3 N–H and O–H groups in total. The fourth-order valence-corrected chi connectivity index (χ4v) is 3.09. The normalized spacial score (nSPS) is 16.2. The van der Waals surface area contributed by atoms with E-state index in [0.29, 0.717) is 43.6 Å². The van der Waals surface area contributed by atoms with Crippen LogP contribution in [0, 0.1) is 16.0 Å². The van der Waals surface area contributed by atoms with E-state index in [0.717, 1.165) is 0 Å². The Morgan fingerprint density at radius 3 is 2.48 bits per heavy atom. The number of aromatic amines is 2. The molecule has 3 rings (SSSR count). The van der Waals surface area contributed by atoms with Crippen molar-refractivity contribution in [1.29, 1.82) is 0 Å². The van der Waals surface area contributed by atoms with Crippen molar-refractivity contribution in [2.45, 2.75) is 19.4 Å². The van der Waals surface area contributed by atoms with Gasteiger partial charge < -0.3 is 15.1 Å². The van der Waals surface area contributed by atoms with E-state index in [-0.39, 0.29) is 17.1 Å². The second kappa shape index (κ2) is 6.48. The number of benzene rings is 1. The van der Waals surface area contributed by atoms with Crippen LogP contribution in [-0.2, 0) is 11.3 Å². The lowest BCUT2D eigenvalue weighted by molar-refractivity contribution is -0.384. The van der Waals surface area contributed by atoms with Gasteiger partial charge in [0.15, 0.2) is 0 Å². The molecule has 0 atom stereocenters. The number of aromatic nitrogens is 2. The van der Waals surface area contributed by atoms with Gasteiger partial charge in [-0.3, -0.25) is 29.4 Å². The van der Waals surface area contributed by atoms with Crippen molar-refractivity contribution in [3.63, 3.8) is 0 Å². The number of H-pyrrole nitrogens is 2. The molecule has 0 saturated carbocycles. The minimum Gasteiger partial charge on any atom is -0.481 e. The van der Waals surface area contributed by atoms with Crippen LogP contribution in [-0.4, -0.2) is 44.0 Å². The van der Waals surface area contributed by atoms with Crippen molar-refractivity contribution < 1.29 is 14.8 Å². The van der Waals surface area contributed by atoms with Crippen LogP contribution in [0.25, 0.3) is 11.0 Å². The number of fused-ring (bicyclic) bond motifs is 1. The lowest BCUT2D eigenvalue weighted by Gasteiger charge is -2.30. The number of aliphatic carboxylic acids is 1. The molecule has 0 spiro atoms. The number of nitro groups is 1. The first kappa shape index (κ1) is 16.8. The van der Waals surface area contributed by atoms with E-state index in [1.165, 1.54) is 12.1 Å². The number of non-ortho nitro benzene ring substituents is 1. The quantitative estimate of drug-likeness (QED) is 0.412. The fourth-order valence-electron chi connectivity index (χ4n) is 3.09. The number of likely N-dealkylation sites (tertiary alicyclic amines) is 1. The third-order valence-electron chi connectivity index (χ3n) is 4.44. The zero-order chi connectivity index (χ0) is 18.1. The SMILES string of the molecule is O=C(O)C1CCN(Cc2cc([N+](=O)[O-])cc3[nH]c(=O)c(=O)[nH]c23)CC1. The number of hydrogen-bond donors (Lipinski definition) is 3. The van der Waals surface area contributed by atoms with E-state index >= 15 is 0 Å². The van der Waals surface area contributed by atoms with Crippen LogP contribution in [0.2, 0.25) is 0 Å². The van der Waals surface area contributed by atoms with Crippen molar-refractivity contribution >= 4 is 22.7 Å². The molecular weight excluding hydrogens is 332 g/mol. The summed E-state index contributed by atoms with van der Waals surface area (Å²) in [7, 11) is 0. The van der Waals surface area contributed by atoms with Crippen LogP contribution in [0.3, 0.4) is 0 Å². The van der Waals surface area contributed by atoms with E-state index in [9.17, 15) is 24.5 Å². The second-order valence-corrected chi connectivity index (χ2v) is 6.08. The molecule has 1 fully saturated rings. The van der Waals surface area contributed by atoms with Crippen LogP contribution >= 0.6 is 0 Å². The summed E-state index contributed by atoms with van der Waals surface area (Å²) in [4.78, 5) is 51.4. The lowest BCUT2D eigenvalue weighted by Crippen LogP contribution is -2.36. The molecule has 2 heterocycles. The van der Waals surface area contributed by atoms with E-state index in [1.54, 1.807) is 0 Å². The van der Waals surface area contributed by atoms with Gasteiger partial charge in [0.1, 0.15) is 0 Å². The Bertz CT molecular complexity index is 955. The Morgan fingerprint density at radius 2 is 1.88 bits per heavy atom. The lowest BCUT2D eigenvalue weighted by atomic mass is 9.96. The van der Waals surface area contributed by atoms with E-state index in [2.05, 4.69) is 9.97 Å². The molecule has 132 valence electrons. The zero-order valence-electron chi connectivity index (χ0n) is 13.2. The summed E-state index contributed by atoms with van der Waals surface area (Å²) in [5.41, 5.74) is -0.852. The number of piperidine rings is 1. The highest BCUT2D eigenvalue weighted by molar-refractivity contribution is 5.80. The first-order valence-corrected chi connectivity index (χ1v) is 7.74. The molecule has 2 aromatic rings. The maximum atomic E-state index is 11.6. The molecule has 10 heteroatoms. The average molecular weight is 348 g/mol. The third-order valence-corrected chi connectivity index (χ3v) is 4.44. The summed E-state index contributed by atoms with van der Waals surface area (Å²) in [5.74, 6) is -1.20. The van der Waals surface area contributed by atoms with Crippen LogP contribution in [0.4, 0.5) is 5.69 Å². The van der Waals surface area contributed by atoms with Crippen molar-refractivity contribution in [3.8, 4) is 0 Å². The number of hydrogen-bond acceptors (Lipinski definition) is 6. The van der Waals surface area contributed by atoms with Gasteiger partial charge in [-0.25, -0.2) is 0 Å². The maximum Gasteiger partial charge on any atom is 0.314 e. The van der Waals surface area contributed by atoms with Gasteiger partial charge in [-0.05, 0) is 31.5 Å². The summed E-state index contributed by atoms with van der Waals surface area (Å²) in [6, 6.07) is 2.56. The van der Waals surface area contributed by atoms with E-state index in [4.69, 9.17) is 5.11 Å². The highest BCUT2D eigenvalue weighted by atomic mass is 16.6. The van der Waals surface area contributed by atoms with Gasteiger partial charge in [0.25, 0.3) is 5.69 Å². The molecule has 1 aliphatic heterocycles. The van der Waals surface area contributed by atoms with Crippen LogP contribution < -0.4 is 11.1 Å². The van der Waals surface area contributed by atoms with Crippen molar-refractivity contribution in [2.24, 2.45) is 5.92 Å². The largest absolute Gasteiger partial charge is 0.481 e. The number of nitro benzene ring substituents is 1. The minimum absolute atomic E-state index is 0.189. The number of rotatable bonds is 4. The predicted molar refractivity (Wildman–Crippen MR) is 87.5 cm³/mol. The Kier molecular flexibility index (Phi) is 4.36. The van der Waals surface area contributed by atoms with Gasteiger partial charge in [-0.15, -0.1) is 0 Å². The smallest absolute Gasteiger partial charge is 0.314 e. The molecular formula is C15H16N4O6. The van der Waals surface area contributed by atoms with Gasteiger partial charge in [0.05, 0.1) is 21.9 Å². The summed E-state index contributed by atoms with van der Waals surface area (Å²) >= 11 is 0. The summed E-state index contributed by atoms with van der Waals surface area (Å²) in [6.45, 7) is 1.38. The Balaban J connectivity index is 1.96. The van der Waals surface area contributed by atoms with Crippen molar-refractivity contribution in [1.82, 2.24) is 14.9 Å². The standard InChI is InChI=1S/C15H16N4O6/c20-13-14(21)17-12-9(5-10(19(24)25)6-11(12)16-13)7-18-3-1-8(2-4-18)15(22)23/h5-6,8H,1-4,7H2,(H,16,20)(H,17,21)(H,22,23). The van der Waals surface area contributed by atoms with Gasteiger partial charge in [-0.1, -0.05) is 0 Å². The Labute approximate surface area is 140 Å². The summed E-state index contributed by atoms with van der Waals surface area (Å²) < 4.78 is 0. The van der Waals surface area contributed by atoms with Gasteiger partial charge in [-0.2, -0.15) is 0 Å². The summed E-state index contributed by atoms with van der Waals surface area (Å²) in [5, 5.41) is 20.2. The Hall–Kier alpha value is -3.01. The molecule has 0 amide bonds. The van der Waals surface area contributed by atoms with Crippen LogP contribution in [0.1, 0.15) is 18.4 Å². The number of carboxylic acids is 1. The third kappa shape index (κ3) is 3.43. The highest BCUT2D eigenvalue weighted by Gasteiger charge is 2.25. The number of carboxylic acid groups (broad SMARTS) is 1. The topological polar surface area (TPSA) is 149 Å². The van der Waals surface area contributed by atoms with Crippen molar-refractivity contribution in [3.05, 3.63) is 48.5 Å². The molecule has 0 unspecified atom stereocenters. The van der Waals surface area contributed by atoms with Gasteiger partial charge >= 0.3 is 17.1 Å². The monoisotopic (exact) mass is 348 g/mol. The number of nitrogens with one attached hydrogen (secondary N) is 2. The zero-order valence-corrected chi connectivity index (χ0v) is 13.2. The number of nitrogens with zero attached hydrogens (tertiary/aromatic N) is 2. The average Bonchev–Trinajstić information content (AvgIpc) is 2.56. The molecule has 25 heavy (non-hydrogen) atoms. The molecule has 1 aliphatic rings. The molecule has 1 aromatic heterocycles. The van der Waals surface area contributed by atoms with Crippen molar-refractivity contribution in [2.75, 3.05) is 13.1 Å². The van der Waals surface area contributed by atoms with E-state index < -0.39 is 22.0 Å². The second-order valence-electron chi connectivity index (χ2n) is 6.08. The molecule has 0 radical (unpaired) electrons. The minimum atomic E-state index is -0.874. The highest BCUT2D eigenvalue weighted by Crippen LogP contribution is 2.25. The molecule has 0 aliphatic carbocycles. The molecule has 10 nitrogen and oxygen atoms in total. The van der Waals surface area contributed by atoms with E-state index in [1.807, 2.05) is 4.90 Å².